The van der Waals surface area contributed by atoms with Gasteiger partial charge >= 0.3 is 12.3 Å². The van der Waals surface area contributed by atoms with E-state index in [4.69, 9.17) is 15.3 Å². The van der Waals surface area contributed by atoms with Crippen LogP contribution in [0.25, 0.3) is 0 Å². The largest absolute Gasteiger partial charge is 0.514 e. The first-order valence-corrected chi connectivity index (χ1v) is 6.33. The van der Waals surface area contributed by atoms with Gasteiger partial charge < -0.3 is 34.3 Å². The molecule has 0 radical (unpaired) electrons. The van der Waals surface area contributed by atoms with Crippen molar-refractivity contribution in [3.05, 3.63) is 38.2 Å². The second kappa shape index (κ2) is 19.7. The highest BCUT2D eigenvalue weighted by molar-refractivity contribution is 5.64. The van der Waals surface area contributed by atoms with Crippen molar-refractivity contribution < 1.29 is 43.9 Å². The van der Waals surface area contributed by atoms with Crippen molar-refractivity contribution in [1.29, 1.82) is 0 Å². The summed E-state index contributed by atoms with van der Waals surface area (Å²) in [4.78, 5) is 20.9. The van der Waals surface area contributed by atoms with Crippen LogP contribution in [0.1, 0.15) is 14.9 Å². The van der Waals surface area contributed by atoms with Crippen LogP contribution >= 0.6 is 0 Å². The number of aliphatic hydroxyl groups is 3. The molecule has 2 aliphatic rings. The Labute approximate surface area is 148 Å². The molecule has 2 fully saturated rings. The Hall–Kier alpha value is -2.36. The Kier molecular flexibility index (Phi) is 24.0. The average Bonchev–Trinajstić information content (AvgIpc) is 3.19. The molecule has 25 heavy (non-hydrogen) atoms. The van der Waals surface area contributed by atoms with Gasteiger partial charge in [0.25, 0.3) is 0 Å². The Balaban J connectivity index is -0.000000159. The summed E-state index contributed by atoms with van der Waals surface area (Å²) in [5.41, 5.74) is 0. The second-order valence-corrected chi connectivity index (χ2v) is 3.51. The number of rotatable bonds is 3. The van der Waals surface area contributed by atoms with Crippen molar-refractivity contribution in [2.45, 2.75) is 27.1 Å². The first-order chi connectivity index (χ1) is 11.0. The maximum Gasteiger partial charge on any atom is 0.514 e. The number of carbonyl (C=O) groups is 2. The number of hydrogen-bond donors (Lipinski definition) is 3. The van der Waals surface area contributed by atoms with Gasteiger partial charge in [-0.05, 0) is 0 Å². The summed E-state index contributed by atoms with van der Waals surface area (Å²) in [7, 11) is 0. The van der Waals surface area contributed by atoms with Gasteiger partial charge in [0.15, 0.2) is 12.7 Å². The first kappa shape index (κ1) is 30.5. The van der Waals surface area contributed by atoms with Crippen LogP contribution in [0, 0.1) is 0 Å². The van der Waals surface area contributed by atoms with E-state index < -0.39 is 24.5 Å². The molecular weight excluding hydrogens is 336 g/mol. The van der Waals surface area contributed by atoms with Gasteiger partial charge in [0.2, 0.25) is 0 Å². The summed E-state index contributed by atoms with van der Waals surface area (Å²) in [5, 5.41) is 24.0. The van der Waals surface area contributed by atoms with E-state index >= 15 is 0 Å². The van der Waals surface area contributed by atoms with Crippen molar-refractivity contribution in [3.8, 4) is 0 Å². The van der Waals surface area contributed by atoms with Gasteiger partial charge in [-0.15, -0.1) is 26.3 Å². The molecule has 148 valence electrons. The fraction of sp³-hybridized carbons (Fsp3) is 0.500. The van der Waals surface area contributed by atoms with Gasteiger partial charge in [-0.2, -0.15) is 0 Å². The molecule has 0 aromatic rings. The third-order valence-electron chi connectivity index (χ3n) is 1.95. The fourth-order valence-corrected chi connectivity index (χ4v) is 1.07. The smallest absolute Gasteiger partial charge is 0.430 e. The first-order valence-electron chi connectivity index (χ1n) is 6.33. The highest BCUT2D eigenvalue weighted by Gasteiger charge is 2.26. The lowest BCUT2D eigenvalue weighted by atomic mass is 10.3. The highest BCUT2D eigenvalue weighted by atomic mass is 16.8. The standard InChI is InChI=1S/C7H6O6.C3H8O3.2C2H4.2CH4/c8-6-10-2-4(12-6)1-5-3-11-7(9)13-5;4-1-3(6)2-5;2*1-2;;/h1,4H,2-3H2;3-6H,1-2H2;2*1-2H2;2*1H4/b5-1-;;;;;. The van der Waals surface area contributed by atoms with E-state index in [-0.39, 0.29) is 41.3 Å². The lowest BCUT2D eigenvalue weighted by molar-refractivity contribution is 0.0450. The minimum absolute atomic E-state index is 0. The van der Waals surface area contributed by atoms with Crippen LogP contribution in [0.15, 0.2) is 38.2 Å². The zero-order valence-electron chi connectivity index (χ0n) is 12.7. The monoisotopic (exact) mass is 366 g/mol. The quantitative estimate of drug-likeness (QED) is 0.505. The van der Waals surface area contributed by atoms with Crippen LogP contribution in [0.2, 0.25) is 0 Å². The molecule has 0 aliphatic carbocycles. The molecule has 2 saturated heterocycles. The summed E-state index contributed by atoms with van der Waals surface area (Å²) in [5.74, 6) is 0.341. The van der Waals surface area contributed by atoms with Crippen molar-refractivity contribution in [3.63, 3.8) is 0 Å². The molecule has 1 unspecified atom stereocenters. The summed E-state index contributed by atoms with van der Waals surface area (Å²) in [6.45, 7) is 11.5. The fourth-order valence-electron chi connectivity index (χ4n) is 1.07. The van der Waals surface area contributed by atoms with E-state index in [1.54, 1.807) is 0 Å². The number of hydrogen-bond acceptors (Lipinski definition) is 9. The van der Waals surface area contributed by atoms with Crippen LogP contribution in [-0.2, 0) is 18.9 Å². The molecular formula is C16H30O9. The Morgan fingerprint density at radius 3 is 1.84 bits per heavy atom. The van der Waals surface area contributed by atoms with Gasteiger partial charge in [0, 0.05) is 6.08 Å². The van der Waals surface area contributed by atoms with Crippen LogP contribution < -0.4 is 0 Å². The minimum atomic E-state index is -0.954. The van der Waals surface area contributed by atoms with Crippen LogP contribution in [0.4, 0.5) is 9.59 Å². The van der Waals surface area contributed by atoms with E-state index in [1.807, 2.05) is 0 Å². The molecule has 0 aromatic carbocycles. The van der Waals surface area contributed by atoms with Crippen molar-refractivity contribution in [2.24, 2.45) is 0 Å². The Bertz CT molecular complexity index is 376. The molecule has 0 aromatic heterocycles. The lowest BCUT2D eigenvalue weighted by Crippen LogP contribution is -2.15. The van der Waals surface area contributed by atoms with Gasteiger partial charge in [0.05, 0.1) is 13.2 Å². The molecule has 2 rings (SSSR count). The number of cyclic esters (lactones) is 4. The third kappa shape index (κ3) is 14.9. The predicted molar refractivity (Wildman–Crippen MR) is 92.9 cm³/mol. The topological polar surface area (TPSA) is 132 Å². The molecule has 1 atom stereocenters. The molecule has 9 heteroatoms. The molecule has 0 amide bonds. The normalized spacial score (nSPS) is 18.1. The van der Waals surface area contributed by atoms with Crippen LogP contribution in [-0.4, -0.2) is 66.3 Å². The SMILES string of the molecule is C.C.C=C.C=C.O=C1OC/C(=C/C2COC(=O)O2)O1.OCC(O)CO. The average molecular weight is 366 g/mol. The van der Waals surface area contributed by atoms with Crippen LogP contribution in [0.3, 0.4) is 0 Å². The van der Waals surface area contributed by atoms with E-state index in [1.165, 1.54) is 6.08 Å². The molecule has 2 aliphatic heterocycles. The molecule has 3 N–H and O–H groups in total. The van der Waals surface area contributed by atoms with Gasteiger partial charge in [0.1, 0.15) is 18.5 Å². The maximum atomic E-state index is 10.5. The summed E-state index contributed by atoms with van der Waals surface area (Å²) in [6.07, 6.45) is -1.42. The van der Waals surface area contributed by atoms with Gasteiger partial charge in [-0.25, -0.2) is 9.59 Å². The summed E-state index contributed by atoms with van der Waals surface area (Å²) < 4.78 is 18.3. The van der Waals surface area contributed by atoms with E-state index in [0.717, 1.165) is 0 Å². The second-order valence-electron chi connectivity index (χ2n) is 3.51. The van der Waals surface area contributed by atoms with Crippen LogP contribution in [0.5, 0.6) is 0 Å². The van der Waals surface area contributed by atoms with E-state index in [2.05, 4.69) is 45.3 Å². The Morgan fingerprint density at radius 1 is 1.04 bits per heavy atom. The van der Waals surface area contributed by atoms with Crippen molar-refractivity contribution >= 4 is 12.3 Å². The Morgan fingerprint density at radius 2 is 1.56 bits per heavy atom. The molecule has 9 nitrogen and oxygen atoms in total. The van der Waals surface area contributed by atoms with Crippen molar-refractivity contribution in [2.75, 3.05) is 26.4 Å². The summed E-state index contributed by atoms with van der Waals surface area (Å²) >= 11 is 0. The van der Waals surface area contributed by atoms with Gasteiger partial charge in [-0.1, -0.05) is 14.9 Å². The summed E-state index contributed by atoms with van der Waals surface area (Å²) in [6, 6.07) is 0. The van der Waals surface area contributed by atoms with Gasteiger partial charge in [-0.3, -0.25) is 0 Å². The highest BCUT2D eigenvalue weighted by Crippen LogP contribution is 2.15. The lowest BCUT2D eigenvalue weighted by Gasteiger charge is -1.98. The number of aliphatic hydroxyl groups excluding tert-OH is 3. The predicted octanol–water partition coefficient (Wildman–Crippen LogP) is 1.78. The zero-order chi connectivity index (χ0) is 18.3. The van der Waals surface area contributed by atoms with Crippen molar-refractivity contribution in [1.82, 2.24) is 0 Å². The number of carbonyl (C=O) groups excluding carboxylic acids is 2. The molecule has 0 saturated carbocycles. The van der Waals surface area contributed by atoms with E-state index in [9.17, 15) is 9.59 Å². The third-order valence-corrected chi connectivity index (χ3v) is 1.95. The zero-order valence-corrected chi connectivity index (χ0v) is 12.7. The number of ether oxygens (including phenoxy) is 4. The minimum Gasteiger partial charge on any atom is -0.430 e. The molecule has 2 heterocycles. The molecule has 0 bridgehead atoms. The van der Waals surface area contributed by atoms with E-state index in [0.29, 0.717) is 5.76 Å². The molecule has 0 spiro atoms. The maximum absolute atomic E-state index is 10.5.